The first-order valence-electron chi connectivity index (χ1n) is 5.39. The van der Waals surface area contributed by atoms with E-state index in [-0.39, 0.29) is 10.9 Å². The molecule has 0 fully saturated rings. The zero-order chi connectivity index (χ0) is 14.0. The van der Waals surface area contributed by atoms with Crippen LogP contribution in [0.15, 0.2) is 36.4 Å². The second-order valence-corrected chi connectivity index (χ2v) is 4.77. The number of benzene rings is 2. The van der Waals surface area contributed by atoms with E-state index in [4.69, 9.17) is 34.7 Å². The van der Waals surface area contributed by atoms with Crippen LogP contribution in [0.5, 0.6) is 0 Å². The fourth-order valence-corrected chi connectivity index (χ4v) is 2.10. The summed E-state index contributed by atoms with van der Waals surface area (Å²) in [4.78, 5) is 12.0. The number of carbonyl (C=O) groups excluding carboxylic acids is 1. The van der Waals surface area contributed by atoms with Gasteiger partial charge in [-0.1, -0.05) is 23.2 Å². The molecular formula is C13H11Cl2N3O. The highest BCUT2D eigenvalue weighted by Gasteiger charge is 2.12. The van der Waals surface area contributed by atoms with E-state index in [2.05, 4.69) is 5.32 Å². The number of hydrogen-bond donors (Lipinski definition) is 3. The Bertz CT molecular complexity index is 603. The summed E-state index contributed by atoms with van der Waals surface area (Å²) in [5, 5.41) is 3.34. The van der Waals surface area contributed by atoms with Crippen molar-refractivity contribution in [2.75, 3.05) is 16.8 Å². The maximum Gasteiger partial charge on any atom is 0.255 e. The van der Waals surface area contributed by atoms with Crippen LogP contribution in [0.2, 0.25) is 10.0 Å². The maximum absolute atomic E-state index is 12.0. The smallest absolute Gasteiger partial charge is 0.255 e. The number of anilines is 3. The number of rotatable bonds is 2. The Kier molecular flexibility index (Phi) is 3.83. The van der Waals surface area contributed by atoms with Crippen LogP contribution >= 0.6 is 23.2 Å². The van der Waals surface area contributed by atoms with Gasteiger partial charge in [0.15, 0.2) is 0 Å². The van der Waals surface area contributed by atoms with E-state index in [9.17, 15) is 4.79 Å². The van der Waals surface area contributed by atoms with Gasteiger partial charge in [0.25, 0.3) is 5.91 Å². The Labute approximate surface area is 120 Å². The van der Waals surface area contributed by atoms with Gasteiger partial charge in [0.05, 0.1) is 16.4 Å². The van der Waals surface area contributed by atoms with E-state index >= 15 is 0 Å². The van der Waals surface area contributed by atoms with Crippen LogP contribution in [0.1, 0.15) is 10.4 Å². The number of nitrogens with two attached hydrogens (primary N) is 2. The van der Waals surface area contributed by atoms with Crippen LogP contribution in [0.4, 0.5) is 17.1 Å². The van der Waals surface area contributed by atoms with Gasteiger partial charge in [0, 0.05) is 16.3 Å². The third-order valence-electron chi connectivity index (χ3n) is 2.50. The van der Waals surface area contributed by atoms with Crippen molar-refractivity contribution >= 4 is 46.2 Å². The molecule has 98 valence electrons. The van der Waals surface area contributed by atoms with Gasteiger partial charge in [0.2, 0.25) is 0 Å². The minimum atomic E-state index is -0.323. The summed E-state index contributed by atoms with van der Waals surface area (Å²) in [6, 6.07) is 9.54. The number of halogens is 2. The summed E-state index contributed by atoms with van der Waals surface area (Å²) in [5.41, 5.74) is 13.0. The topological polar surface area (TPSA) is 81.1 Å². The summed E-state index contributed by atoms with van der Waals surface area (Å²) >= 11 is 11.8. The highest BCUT2D eigenvalue weighted by molar-refractivity contribution is 6.37. The van der Waals surface area contributed by atoms with Gasteiger partial charge >= 0.3 is 0 Å². The maximum atomic E-state index is 12.0. The molecule has 0 radical (unpaired) electrons. The molecule has 4 nitrogen and oxygen atoms in total. The number of nitrogen functional groups attached to an aromatic ring is 2. The molecule has 6 heteroatoms. The van der Waals surface area contributed by atoms with Crippen LogP contribution in [0.25, 0.3) is 0 Å². The van der Waals surface area contributed by atoms with Crippen LogP contribution in [0.3, 0.4) is 0 Å². The molecule has 0 saturated heterocycles. The predicted octanol–water partition coefficient (Wildman–Crippen LogP) is 3.41. The first-order valence-corrected chi connectivity index (χ1v) is 6.14. The normalized spacial score (nSPS) is 10.2. The lowest BCUT2D eigenvalue weighted by atomic mass is 10.2. The van der Waals surface area contributed by atoms with Gasteiger partial charge in [-0.25, -0.2) is 0 Å². The van der Waals surface area contributed by atoms with Crippen molar-refractivity contribution in [1.29, 1.82) is 0 Å². The zero-order valence-corrected chi connectivity index (χ0v) is 11.3. The Balaban J connectivity index is 2.26. The first kappa shape index (κ1) is 13.5. The molecular weight excluding hydrogens is 285 g/mol. The van der Waals surface area contributed by atoms with E-state index < -0.39 is 0 Å². The van der Waals surface area contributed by atoms with Gasteiger partial charge in [-0.3, -0.25) is 4.79 Å². The summed E-state index contributed by atoms with van der Waals surface area (Å²) in [5.74, 6) is -0.323. The molecule has 5 N–H and O–H groups in total. The highest BCUT2D eigenvalue weighted by Crippen LogP contribution is 2.32. The Morgan fingerprint density at radius 3 is 2.26 bits per heavy atom. The van der Waals surface area contributed by atoms with E-state index in [0.29, 0.717) is 27.6 Å². The van der Waals surface area contributed by atoms with Gasteiger partial charge in [-0.05, 0) is 36.4 Å². The van der Waals surface area contributed by atoms with Gasteiger partial charge in [0.1, 0.15) is 0 Å². The molecule has 0 aromatic heterocycles. The molecule has 0 saturated carbocycles. The molecule has 0 unspecified atom stereocenters. The number of hydrogen-bond acceptors (Lipinski definition) is 3. The number of amides is 1. The standard InChI is InChI=1S/C13H11Cl2N3O/c14-8-5-10(15)12(11(17)6-8)18-13(19)7-1-3-9(16)4-2-7/h1-6H,16-17H2,(H,18,19). The van der Waals surface area contributed by atoms with Gasteiger partial charge < -0.3 is 16.8 Å². The first-order chi connectivity index (χ1) is 8.97. The zero-order valence-electron chi connectivity index (χ0n) is 9.78. The Hall–Kier alpha value is -1.91. The summed E-state index contributed by atoms with van der Waals surface area (Å²) in [6.45, 7) is 0. The lowest BCUT2D eigenvalue weighted by molar-refractivity contribution is 0.102. The average Bonchev–Trinajstić information content (AvgIpc) is 2.34. The molecule has 0 heterocycles. The van der Waals surface area contributed by atoms with Crippen molar-refractivity contribution in [3.63, 3.8) is 0 Å². The van der Waals surface area contributed by atoms with E-state index in [1.807, 2.05) is 0 Å². The molecule has 0 atom stereocenters. The molecule has 2 aromatic rings. The fraction of sp³-hybridized carbons (Fsp3) is 0. The molecule has 2 rings (SSSR count). The van der Waals surface area contributed by atoms with Crippen molar-refractivity contribution in [2.45, 2.75) is 0 Å². The Morgan fingerprint density at radius 2 is 1.68 bits per heavy atom. The monoisotopic (exact) mass is 295 g/mol. The average molecular weight is 296 g/mol. The van der Waals surface area contributed by atoms with Gasteiger partial charge in [-0.2, -0.15) is 0 Å². The molecule has 0 bridgehead atoms. The van der Waals surface area contributed by atoms with E-state index in [1.165, 1.54) is 12.1 Å². The SMILES string of the molecule is Nc1ccc(C(=O)Nc2c(N)cc(Cl)cc2Cl)cc1. The van der Waals surface area contributed by atoms with Crippen molar-refractivity contribution in [2.24, 2.45) is 0 Å². The second-order valence-electron chi connectivity index (χ2n) is 3.93. The molecule has 0 aliphatic heterocycles. The molecule has 0 spiro atoms. The van der Waals surface area contributed by atoms with Crippen molar-refractivity contribution in [3.8, 4) is 0 Å². The third kappa shape index (κ3) is 3.10. The van der Waals surface area contributed by atoms with Crippen LogP contribution < -0.4 is 16.8 Å². The van der Waals surface area contributed by atoms with Crippen LogP contribution in [0, 0.1) is 0 Å². The van der Waals surface area contributed by atoms with Crippen LogP contribution in [-0.4, -0.2) is 5.91 Å². The van der Waals surface area contributed by atoms with Crippen molar-refractivity contribution in [3.05, 3.63) is 52.0 Å². The molecule has 19 heavy (non-hydrogen) atoms. The Morgan fingerprint density at radius 1 is 1.05 bits per heavy atom. The molecule has 2 aromatic carbocycles. The third-order valence-corrected chi connectivity index (χ3v) is 3.01. The molecule has 0 aliphatic carbocycles. The molecule has 1 amide bonds. The lowest BCUT2D eigenvalue weighted by Gasteiger charge is -2.10. The minimum Gasteiger partial charge on any atom is -0.399 e. The van der Waals surface area contributed by atoms with Crippen LogP contribution in [-0.2, 0) is 0 Å². The number of nitrogens with one attached hydrogen (secondary N) is 1. The van der Waals surface area contributed by atoms with Crippen molar-refractivity contribution in [1.82, 2.24) is 0 Å². The predicted molar refractivity (Wildman–Crippen MR) is 79.7 cm³/mol. The minimum absolute atomic E-state index is 0.286. The van der Waals surface area contributed by atoms with Gasteiger partial charge in [-0.15, -0.1) is 0 Å². The molecule has 0 aliphatic rings. The van der Waals surface area contributed by atoms with E-state index in [0.717, 1.165) is 0 Å². The lowest BCUT2D eigenvalue weighted by Crippen LogP contribution is -2.13. The summed E-state index contributed by atoms with van der Waals surface area (Å²) in [7, 11) is 0. The van der Waals surface area contributed by atoms with E-state index in [1.54, 1.807) is 24.3 Å². The highest BCUT2D eigenvalue weighted by atomic mass is 35.5. The summed E-state index contributed by atoms with van der Waals surface area (Å²) < 4.78 is 0. The van der Waals surface area contributed by atoms with Crippen molar-refractivity contribution < 1.29 is 4.79 Å². The summed E-state index contributed by atoms with van der Waals surface area (Å²) in [6.07, 6.45) is 0. The fourth-order valence-electron chi connectivity index (χ4n) is 1.55. The number of carbonyl (C=O) groups is 1. The quantitative estimate of drug-likeness (QED) is 0.743. The second kappa shape index (κ2) is 5.38. The largest absolute Gasteiger partial charge is 0.399 e.